The van der Waals surface area contributed by atoms with E-state index in [1.807, 2.05) is 0 Å². The number of likely N-dealkylation sites (tertiary alicyclic amines) is 1. The molecule has 1 aliphatic carbocycles. The minimum Gasteiger partial charge on any atom is -0.391 e. The van der Waals surface area contributed by atoms with Crippen molar-refractivity contribution < 1.29 is 5.11 Å². The normalized spacial score (nSPS) is 34.5. The highest BCUT2D eigenvalue weighted by atomic mass is 16.3. The molecule has 20 heavy (non-hydrogen) atoms. The number of nitrogens with zero attached hydrogens (tertiary/aromatic N) is 2. The van der Waals surface area contributed by atoms with Crippen molar-refractivity contribution in [2.45, 2.75) is 51.2 Å². The first-order valence-corrected chi connectivity index (χ1v) is 8.54. The molecule has 3 rings (SSSR count). The van der Waals surface area contributed by atoms with E-state index in [-0.39, 0.29) is 6.10 Å². The third kappa shape index (κ3) is 3.53. The fourth-order valence-electron chi connectivity index (χ4n) is 3.91. The van der Waals surface area contributed by atoms with E-state index >= 15 is 0 Å². The number of β-amino-alcohol motifs (C(OH)–C–C–N with tert-alkyl or cyclic N) is 1. The molecule has 2 atom stereocenters. The van der Waals surface area contributed by atoms with Gasteiger partial charge in [-0.1, -0.05) is 0 Å². The average molecular weight is 281 g/mol. The van der Waals surface area contributed by atoms with Crippen molar-refractivity contribution in [3.8, 4) is 0 Å². The smallest absolute Gasteiger partial charge is 0.0723 e. The number of piperazine rings is 1. The molecule has 2 heterocycles. The van der Waals surface area contributed by atoms with E-state index in [1.165, 1.54) is 64.8 Å². The number of hydrogen-bond acceptors (Lipinski definition) is 4. The Labute approximate surface area is 123 Å². The van der Waals surface area contributed by atoms with Gasteiger partial charge in [0.1, 0.15) is 0 Å². The van der Waals surface area contributed by atoms with Gasteiger partial charge in [0, 0.05) is 32.2 Å². The van der Waals surface area contributed by atoms with Crippen LogP contribution in [0.2, 0.25) is 0 Å². The molecule has 4 nitrogen and oxygen atoms in total. The van der Waals surface area contributed by atoms with E-state index in [4.69, 9.17) is 0 Å². The Morgan fingerprint density at radius 3 is 2.35 bits per heavy atom. The second kappa shape index (κ2) is 6.30. The maximum absolute atomic E-state index is 10.2. The molecule has 2 aliphatic heterocycles. The molecule has 116 valence electrons. The van der Waals surface area contributed by atoms with Crippen molar-refractivity contribution in [1.29, 1.82) is 0 Å². The Kier molecular flexibility index (Phi) is 4.65. The van der Waals surface area contributed by atoms with Crippen molar-refractivity contribution in [2.24, 2.45) is 5.41 Å². The summed E-state index contributed by atoms with van der Waals surface area (Å²) >= 11 is 0. The van der Waals surface area contributed by atoms with Gasteiger partial charge in [0.05, 0.1) is 6.10 Å². The second-order valence-electron chi connectivity index (χ2n) is 7.29. The van der Waals surface area contributed by atoms with E-state index in [1.54, 1.807) is 0 Å². The van der Waals surface area contributed by atoms with Crippen LogP contribution >= 0.6 is 0 Å². The van der Waals surface area contributed by atoms with Gasteiger partial charge < -0.3 is 20.2 Å². The maximum atomic E-state index is 10.2. The summed E-state index contributed by atoms with van der Waals surface area (Å²) in [7, 11) is 0. The first-order valence-electron chi connectivity index (χ1n) is 8.54. The Morgan fingerprint density at radius 1 is 1.05 bits per heavy atom. The quantitative estimate of drug-likeness (QED) is 0.735. The van der Waals surface area contributed by atoms with Crippen LogP contribution in [0.3, 0.4) is 0 Å². The second-order valence-corrected chi connectivity index (χ2v) is 7.29. The van der Waals surface area contributed by atoms with Crippen molar-refractivity contribution >= 4 is 0 Å². The zero-order chi connectivity index (χ0) is 14.0. The Hall–Kier alpha value is -0.160. The molecule has 1 saturated carbocycles. The summed E-state index contributed by atoms with van der Waals surface area (Å²) in [6.07, 6.45) is 6.28. The Morgan fingerprint density at radius 2 is 1.75 bits per heavy atom. The first kappa shape index (κ1) is 14.8. The predicted octanol–water partition coefficient (Wildman–Crippen LogP) is 0.907. The van der Waals surface area contributed by atoms with Crippen LogP contribution in [-0.4, -0.2) is 72.9 Å². The Balaban J connectivity index is 1.28. The number of hydrogen-bond donors (Lipinski definition) is 2. The molecular weight excluding hydrogens is 250 g/mol. The van der Waals surface area contributed by atoms with Crippen LogP contribution in [0.15, 0.2) is 0 Å². The highest BCUT2D eigenvalue weighted by Crippen LogP contribution is 2.53. The zero-order valence-corrected chi connectivity index (χ0v) is 13.0. The highest BCUT2D eigenvalue weighted by Gasteiger charge is 2.50. The largest absolute Gasteiger partial charge is 0.391 e. The summed E-state index contributed by atoms with van der Waals surface area (Å²) < 4.78 is 0. The molecule has 3 aliphatic rings. The van der Waals surface area contributed by atoms with Crippen molar-refractivity contribution in [2.75, 3.05) is 45.8 Å². The van der Waals surface area contributed by atoms with E-state index in [9.17, 15) is 5.11 Å². The fourth-order valence-corrected chi connectivity index (χ4v) is 3.91. The molecule has 0 aromatic heterocycles. The van der Waals surface area contributed by atoms with Crippen LogP contribution in [0.5, 0.6) is 0 Å². The summed E-state index contributed by atoms with van der Waals surface area (Å²) in [5, 5.41) is 13.7. The maximum Gasteiger partial charge on any atom is 0.0723 e. The molecule has 3 fully saturated rings. The summed E-state index contributed by atoms with van der Waals surface area (Å²) in [5.41, 5.74) is 0.355. The number of nitrogens with one attached hydrogen (secondary N) is 1. The molecule has 0 amide bonds. The fraction of sp³-hybridized carbons (Fsp3) is 1.00. The molecule has 0 aromatic carbocycles. The number of rotatable bonds is 5. The lowest BCUT2D eigenvalue weighted by molar-refractivity contribution is 0.00785. The molecule has 0 bridgehead atoms. The first-order chi connectivity index (χ1) is 9.68. The predicted molar refractivity (Wildman–Crippen MR) is 81.9 cm³/mol. The van der Waals surface area contributed by atoms with Crippen molar-refractivity contribution in [3.63, 3.8) is 0 Å². The van der Waals surface area contributed by atoms with Gasteiger partial charge in [-0.05, 0) is 64.1 Å². The van der Waals surface area contributed by atoms with Crippen LogP contribution in [0.1, 0.15) is 39.0 Å². The van der Waals surface area contributed by atoms with Crippen LogP contribution < -0.4 is 5.32 Å². The van der Waals surface area contributed by atoms with Gasteiger partial charge in [-0.15, -0.1) is 0 Å². The third-order valence-corrected chi connectivity index (χ3v) is 5.61. The summed E-state index contributed by atoms with van der Waals surface area (Å²) in [4.78, 5) is 5.07. The summed E-state index contributed by atoms with van der Waals surface area (Å²) in [6, 6.07) is 0.649. The van der Waals surface area contributed by atoms with Crippen molar-refractivity contribution in [1.82, 2.24) is 15.1 Å². The minimum absolute atomic E-state index is 0.0507. The van der Waals surface area contributed by atoms with Crippen LogP contribution in [-0.2, 0) is 0 Å². The Bertz CT molecular complexity index is 319. The highest BCUT2D eigenvalue weighted by molar-refractivity contribution is 5.02. The van der Waals surface area contributed by atoms with Crippen LogP contribution in [0, 0.1) is 5.41 Å². The van der Waals surface area contributed by atoms with Gasteiger partial charge in [0.15, 0.2) is 0 Å². The average Bonchev–Trinajstić information content (AvgIpc) is 3.20. The number of unbranched alkanes of at least 4 members (excludes halogenated alkanes) is 1. The molecule has 0 radical (unpaired) electrons. The topological polar surface area (TPSA) is 38.7 Å². The van der Waals surface area contributed by atoms with Gasteiger partial charge in [0.25, 0.3) is 0 Å². The van der Waals surface area contributed by atoms with E-state index in [2.05, 4.69) is 22.0 Å². The lowest BCUT2D eigenvalue weighted by Crippen LogP contribution is -2.49. The van der Waals surface area contributed by atoms with Crippen LogP contribution in [0.4, 0.5) is 0 Å². The molecule has 0 aromatic rings. The lowest BCUT2D eigenvalue weighted by atomic mass is 9.90. The van der Waals surface area contributed by atoms with E-state index < -0.39 is 0 Å². The molecular formula is C16H31N3O. The minimum atomic E-state index is -0.0507. The molecule has 0 unspecified atom stereocenters. The molecule has 4 heteroatoms. The monoisotopic (exact) mass is 281 g/mol. The number of aliphatic hydroxyl groups excluding tert-OH is 1. The molecule has 2 saturated heterocycles. The summed E-state index contributed by atoms with van der Waals surface area (Å²) in [5.74, 6) is 0. The molecule has 2 N–H and O–H groups in total. The van der Waals surface area contributed by atoms with Gasteiger partial charge in [-0.25, -0.2) is 0 Å². The zero-order valence-electron chi connectivity index (χ0n) is 13.0. The number of aliphatic hydroxyl groups is 1. The van der Waals surface area contributed by atoms with Gasteiger partial charge in [-0.2, -0.15) is 0 Å². The molecule has 1 spiro atoms. The van der Waals surface area contributed by atoms with Crippen molar-refractivity contribution in [3.05, 3.63) is 0 Å². The number of piperidine rings is 1. The van der Waals surface area contributed by atoms with Gasteiger partial charge in [-0.3, -0.25) is 0 Å². The summed E-state index contributed by atoms with van der Waals surface area (Å²) in [6.45, 7) is 10.4. The van der Waals surface area contributed by atoms with Gasteiger partial charge in [0.2, 0.25) is 0 Å². The third-order valence-electron chi connectivity index (χ3n) is 5.61. The lowest BCUT2D eigenvalue weighted by Gasteiger charge is -2.36. The van der Waals surface area contributed by atoms with Gasteiger partial charge >= 0.3 is 0 Å². The standard InChI is InChI=1S/C16H31N3O/c1-14-12-19(11-7-17-14)9-3-2-8-18-10-6-16(4-5-16)15(20)13-18/h14-15,17,20H,2-13H2,1H3/t14-,15+/m0/s1. The van der Waals surface area contributed by atoms with Crippen LogP contribution in [0.25, 0.3) is 0 Å². The van der Waals surface area contributed by atoms with E-state index in [0.29, 0.717) is 11.5 Å². The SMILES string of the molecule is C[C@H]1CN(CCCCN2CCC3(CC3)[C@H](O)C2)CCN1. The van der Waals surface area contributed by atoms with E-state index in [0.717, 1.165) is 13.1 Å².